The second-order valence-corrected chi connectivity index (χ2v) is 12.1. The Bertz CT molecular complexity index is 1350. The number of aliphatic hydroxyl groups excluding tert-OH is 3. The molecule has 4 N–H and O–H groups in total. The maximum absolute atomic E-state index is 12.4. The van der Waals surface area contributed by atoms with Gasteiger partial charge >= 0.3 is 11.9 Å². The predicted octanol–water partition coefficient (Wildman–Crippen LogP) is 4.59. The molecule has 8 atom stereocenters. The molecule has 0 saturated carbocycles. The van der Waals surface area contributed by atoms with Crippen molar-refractivity contribution < 1.29 is 34.8 Å². The van der Waals surface area contributed by atoms with E-state index in [1.54, 1.807) is 10.6 Å². The highest BCUT2D eigenvalue weighted by Gasteiger charge is 2.42. The molecule has 1 aromatic heterocycles. The zero-order chi connectivity index (χ0) is 32.4. The van der Waals surface area contributed by atoms with Crippen LogP contribution in [-0.4, -0.2) is 61.3 Å². The summed E-state index contributed by atoms with van der Waals surface area (Å²) in [6.07, 6.45) is 6.48. The van der Waals surface area contributed by atoms with Gasteiger partial charge in [0.2, 0.25) is 0 Å². The topological polar surface area (TPSA) is 146 Å². The summed E-state index contributed by atoms with van der Waals surface area (Å²) in [6.45, 7) is 7.82. The molecule has 0 bridgehead atoms. The summed E-state index contributed by atoms with van der Waals surface area (Å²) in [4.78, 5) is 34.7. The van der Waals surface area contributed by atoms with Crippen LogP contribution in [-0.2, 0) is 14.3 Å². The number of para-hydroxylation sites is 1. The normalized spacial score (nSPS) is 24.5. The number of nitrogens with zero attached hydrogens (tertiary/aromatic N) is 1. The Morgan fingerprint density at radius 1 is 1.09 bits per heavy atom. The Morgan fingerprint density at radius 3 is 2.45 bits per heavy atom. The monoisotopic (exact) mass is 609 g/mol. The molecule has 9 heteroatoms. The Kier molecular flexibility index (Phi) is 13.1. The van der Waals surface area contributed by atoms with Gasteiger partial charge in [-0.25, -0.2) is 0 Å². The zero-order valence-corrected chi connectivity index (χ0v) is 26.1. The Balaban J connectivity index is 0.000000312. The fourth-order valence-corrected chi connectivity index (χ4v) is 5.90. The smallest absolute Gasteiger partial charge is 0.308 e. The lowest BCUT2D eigenvalue weighted by Gasteiger charge is -2.43. The third-order valence-electron chi connectivity index (χ3n) is 8.54. The molecule has 2 aromatic rings. The summed E-state index contributed by atoms with van der Waals surface area (Å²) in [5.74, 6) is -1.31. The van der Waals surface area contributed by atoms with E-state index >= 15 is 0 Å². The third kappa shape index (κ3) is 10.0. The number of hydrogen-bond donors (Lipinski definition) is 4. The van der Waals surface area contributed by atoms with Crippen LogP contribution >= 0.6 is 0 Å². The minimum Gasteiger partial charge on any atom is -0.481 e. The van der Waals surface area contributed by atoms with Gasteiger partial charge in [0.15, 0.2) is 0 Å². The van der Waals surface area contributed by atoms with Gasteiger partial charge in [-0.15, -0.1) is 0 Å². The molecule has 0 unspecified atom stereocenters. The Labute approximate surface area is 259 Å². The zero-order valence-electron chi connectivity index (χ0n) is 26.1. The molecule has 4 rings (SSSR count). The summed E-state index contributed by atoms with van der Waals surface area (Å²) in [5.41, 5.74) is 2.94. The van der Waals surface area contributed by atoms with Crippen LogP contribution in [0.25, 0.3) is 5.69 Å². The molecule has 0 aliphatic heterocycles. The van der Waals surface area contributed by atoms with Gasteiger partial charge in [0, 0.05) is 30.3 Å². The van der Waals surface area contributed by atoms with E-state index in [9.17, 15) is 29.7 Å². The largest absolute Gasteiger partial charge is 0.481 e. The first-order chi connectivity index (χ1) is 20.9. The highest BCUT2D eigenvalue weighted by atomic mass is 16.5. The van der Waals surface area contributed by atoms with Crippen LogP contribution < -0.4 is 5.56 Å². The minimum absolute atomic E-state index is 0.00167. The van der Waals surface area contributed by atoms with Gasteiger partial charge in [0.1, 0.15) is 6.10 Å². The molecule has 240 valence electrons. The van der Waals surface area contributed by atoms with Gasteiger partial charge in [-0.2, -0.15) is 0 Å². The average molecular weight is 610 g/mol. The lowest BCUT2D eigenvalue weighted by Crippen LogP contribution is -2.43. The van der Waals surface area contributed by atoms with E-state index in [1.807, 2.05) is 75.5 Å². The van der Waals surface area contributed by atoms with Gasteiger partial charge in [-0.1, -0.05) is 63.3 Å². The molecule has 9 nitrogen and oxygen atoms in total. The number of aryl methyl sites for hydroxylation is 1. The second-order valence-electron chi connectivity index (χ2n) is 12.1. The number of ether oxygens (including phenoxy) is 1. The van der Waals surface area contributed by atoms with Crippen molar-refractivity contribution in [3.63, 3.8) is 0 Å². The third-order valence-corrected chi connectivity index (χ3v) is 8.54. The number of fused-ring (bicyclic) bond motifs is 1. The minimum atomic E-state index is -1.10. The van der Waals surface area contributed by atoms with Crippen molar-refractivity contribution in [3.8, 4) is 5.69 Å². The van der Waals surface area contributed by atoms with Crippen LogP contribution in [0, 0.1) is 30.6 Å². The summed E-state index contributed by atoms with van der Waals surface area (Å²) in [6, 6.07) is 13.0. The van der Waals surface area contributed by atoms with E-state index in [1.165, 1.54) is 0 Å². The number of pyridine rings is 1. The molecule has 0 amide bonds. The van der Waals surface area contributed by atoms with Gasteiger partial charge in [-0.3, -0.25) is 19.0 Å². The Morgan fingerprint density at radius 2 is 1.80 bits per heavy atom. The SMILES string of the molecule is CC[C@H](C)C(=O)O[C@H]1C[C@H](O)C=C2C=C[C@H](C)[C@H](CC[C@@H](O)C[C@@H](O)CC(=O)O)[C@H]21.Cc1ccc(=O)n(-c2ccccc2)c1. The lowest BCUT2D eigenvalue weighted by atomic mass is 9.66. The lowest BCUT2D eigenvalue weighted by molar-refractivity contribution is -0.159. The molecule has 2 aliphatic rings. The highest BCUT2D eigenvalue weighted by molar-refractivity contribution is 5.72. The van der Waals surface area contributed by atoms with Gasteiger partial charge in [-0.05, 0) is 67.7 Å². The molecule has 0 spiro atoms. The number of aliphatic carboxylic acids is 1. The van der Waals surface area contributed by atoms with Crippen molar-refractivity contribution in [1.29, 1.82) is 0 Å². The van der Waals surface area contributed by atoms with Crippen molar-refractivity contribution in [2.24, 2.45) is 23.7 Å². The summed E-state index contributed by atoms with van der Waals surface area (Å²) in [5, 5.41) is 39.1. The summed E-state index contributed by atoms with van der Waals surface area (Å²) in [7, 11) is 0. The molecule has 44 heavy (non-hydrogen) atoms. The first-order valence-electron chi connectivity index (χ1n) is 15.5. The molecule has 0 saturated heterocycles. The maximum Gasteiger partial charge on any atom is 0.308 e. The summed E-state index contributed by atoms with van der Waals surface area (Å²) < 4.78 is 7.48. The van der Waals surface area contributed by atoms with E-state index in [2.05, 4.69) is 13.0 Å². The number of allylic oxidation sites excluding steroid dienone is 2. The predicted molar refractivity (Wildman–Crippen MR) is 168 cm³/mol. The van der Waals surface area contributed by atoms with E-state index in [0.717, 1.165) is 16.8 Å². The first kappa shape index (κ1) is 35.0. The standard InChI is InChI=1S/C23H36O7.C12H11NO/c1-4-13(2)23(29)30-20-11-17(25)9-15-6-5-14(3)19(22(15)20)8-7-16(24)10-18(26)12-21(27)28;1-10-7-8-12(14)13(9-10)11-5-3-2-4-6-11/h5-6,9,13-14,16-20,22,24-26H,4,7-8,10-12H2,1-3H3,(H,27,28);2-9H,1H3/t13-,14-,16+,17+,18+,19-,20-,22-;/m0./s1. The second kappa shape index (κ2) is 16.5. The molecule has 1 heterocycles. The van der Waals surface area contributed by atoms with Crippen molar-refractivity contribution >= 4 is 11.9 Å². The van der Waals surface area contributed by atoms with Crippen LogP contribution in [0.15, 0.2) is 77.3 Å². The van der Waals surface area contributed by atoms with Crippen molar-refractivity contribution in [2.45, 2.75) is 90.6 Å². The van der Waals surface area contributed by atoms with Crippen LogP contribution in [0.1, 0.15) is 64.9 Å². The molecular weight excluding hydrogens is 562 g/mol. The molecular formula is C35H47NO8. The first-order valence-corrected chi connectivity index (χ1v) is 15.5. The molecule has 2 aliphatic carbocycles. The van der Waals surface area contributed by atoms with E-state index in [4.69, 9.17) is 9.84 Å². The van der Waals surface area contributed by atoms with Crippen molar-refractivity contribution in [2.75, 3.05) is 0 Å². The van der Waals surface area contributed by atoms with Crippen molar-refractivity contribution in [3.05, 3.63) is 88.4 Å². The number of rotatable bonds is 11. The number of carbonyl (C=O) groups excluding carboxylic acids is 1. The van der Waals surface area contributed by atoms with E-state index in [-0.39, 0.29) is 48.0 Å². The number of hydrogen-bond acceptors (Lipinski definition) is 7. The maximum atomic E-state index is 12.4. The average Bonchev–Trinajstić information content (AvgIpc) is 2.97. The number of carboxylic acids is 1. The van der Waals surface area contributed by atoms with Crippen LogP contribution in [0.4, 0.5) is 0 Å². The van der Waals surface area contributed by atoms with Crippen LogP contribution in [0.5, 0.6) is 0 Å². The van der Waals surface area contributed by atoms with Crippen LogP contribution in [0.2, 0.25) is 0 Å². The van der Waals surface area contributed by atoms with Crippen LogP contribution in [0.3, 0.4) is 0 Å². The number of carboxylic acid groups (broad SMARTS) is 1. The fraction of sp³-hybridized carbons (Fsp3) is 0.514. The number of carbonyl (C=O) groups is 2. The number of aliphatic hydroxyl groups is 3. The van der Waals surface area contributed by atoms with Gasteiger partial charge in [0.25, 0.3) is 5.56 Å². The van der Waals surface area contributed by atoms with E-state index < -0.39 is 30.4 Å². The van der Waals surface area contributed by atoms with E-state index in [0.29, 0.717) is 25.7 Å². The Hall–Kier alpha value is -3.53. The number of esters is 1. The summed E-state index contributed by atoms with van der Waals surface area (Å²) >= 11 is 0. The number of aromatic nitrogens is 1. The molecule has 1 aromatic carbocycles. The van der Waals surface area contributed by atoms with Gasteiger partial charge < -0.3 is 25.2 Å². The van der Waals surface area contributed by atoms with Crippen molar-refractivity contribution in [1.82, 2.24) is 4.57 Å². The fourth-order valence-electron chi connectivity index (χ4n) is 5.90. The quantitative estimate of drug-likeness (QED) is 0.271. The molecule has 0 radical (unpaired) electrons. The van der Waals surface area contributed by atoms with Gasteiger partial charge in [0.05, 0.1) is 30.7 Å². The molecule has 0 fully saturated rings. The number of benzene rings is 1. The highest BCUT2D eigenvalue weighted by Crippen LogP contribution is 2.44.